The van der Waals surface area contributed by atoms with Crippen LogP contribution in [0, 0.1) is 0 Å². The molecule has 0 amide bonds. The Morgan fingerprint density at radius 2 is 2.00 bits per heavy atom. The summed E-state index contributed by atoms with van der Waals surface area (Å²) < 4.78 is 0. The molecule has 0 spiro atoms. The minimum absolute atomic E-state index is 0.0698. The summed E-state index contributed by atoms with van der Waals surface area (Å²) in [5.41, 5.74) is 7.91. The highest BCUT2D eigenvalue weighted by Crippen LogP contribution is 2.22. The van der Waals surface area contributed by atoms with Crippen LogP contribution in [-0.2, 0) is 0 Å². The van der Waals surface area contributed by atoms with Crippen LogP contribution in [0.3, 0.4) is 0 Å². The molecule has 4 heteroatoms. The molecule has 2 aromatic rings. The Morgan fingerprint density at radius 1 is 1.24 bits per heavy atom. The van der Waals surface area contributed by atoms with Gasteiger partial charge in [-0.15, -0.1) is 0 Å². The van der Waals surface area contributed by atoms with E-state index in [1.165, 1.54) is 0 Å². The van der Waals surface area contributed by atoms with Crippen LogP contribution in [0.25, 0.3) is 0 Å². The number of hydrogen-bond donors (Lipinski definition) is 1. The first-order valence-electron chi connectivity index (χ1n) is 5.57. The van der Waals surface area contributed by atoms with E-state index in [2.05, 4.69) is 27.0 Å². The zero-order chi connectivity index (χ0) is 12.1. The van der Waals surface area contributed by atoms with Gasteiger partial charge in [-0.05, 0) is 18.2 Å². The number of para-hydroxylation sites is 1. The zero-order valence-electron chi connectivity index (χ0n) is 9.82. The number of aromatic nitrogens is 2. The summed E-state index contributed by atoms with van der Waals surface area (Å²) in [6.45, 7) is 0.516. The maximum atomic E-state index is 5.84. The van der Waals surface area contributed by atoms with Gasteiger partial charge in [-0.2, -0.15) is 0 Å². The molecule has 0 aliphatic heterocycles. The fraction of sp³-hybridized carbons (Fsp3) is 0.231. The van der Waals surface area contributed by atoms with Gasteiger partial charge in [0.2, 0.25) is 0 Å². The van der Waals surface area contributed by atoms with Crippen LogP contribution in [0.15, 0.2) is 48.9 Å². The summed E-state index contributed by atoms with van der Waals surface area (Å²) >= 11 is 0. The monoisotopic (exact) mass is 228 g/mol. The van der Waals surface area contributed by atoms with Gasteiger partial charge in [0, 0.05) is 25.5 Å². The normalized spacial score (nSPS) is 12.1. The molecule has 1 atom stereocenters. The van der Waals surface area contributed by atoms with E-state index in [4.69, 9.17) is 5.73 Å². The average Bonchev–Trinajstić information content (AvgIpc) is 2.42. The largest absolute Gasteiger partial charge is 0.365 e. The van der Waals surface area contributed by atoms with E-state index >= 15 is 0 Å². The molecule has 2 rings (SSSR count). The van der Waals surface area contributed by atoms with Gasteiger partial charge in [0.25, 0.3) is 0 Å². The second-order valence-corrected chi connectivity index (χ2v) is 3.83. The Balaban J connectivity index is 2.25. The number of nitrogens with two attached hydrogens (primary N) is 1. The Morgan fingerprint density at radius 3 is 2.59 bits per heavy atom. The molecular formula is C13H16N4. The summed E-state index contributed by atoms with van der Waals surface area (Å²) in [5.74, 6) is 0. The Kier molecular flexibility index (Phi) is 3.67. The van der Waals surface area contributed by atoms with Crippen molar-refractivity contribution in [2.24, 2.45) is 5.73 Å². The van der Waals surface area contributed by atoms with Crippen molar-refractivity contribution in [1.29, 1.82) is 0 Å². The topological polar surface area (TPSA) is 55.0 Å². The van der Waals surface area contributed by atoms with Crippen molar-refractivity contribution in [1.82, 2.24) is 9.97 Å². The van der Waals surface area contributed by atoms with Gasteiger partial charge in [-0.3, -0.25) is 0 Å². The first-order chi connectivity index (χ1) is 8.33. The highest BCUT2D eigenvalue weighted by molar-refractivity contribution is 5.47. The van der Waals surface area contributed by atoms with Gasteiger partial charge in [0.1, 0.15) is 6.33 Å². The molecule has 17 heavy (non-hydrogen) atoms. The summed E-state index contributed by atoms with van der Waals surface area (Å²) in [6, 6.07) is 12.1. The maximum absolute atomic E-state index is 5.84. The van der Waals surface area contributed by atoms with Crippen molar-refractivity contribution in [3.8, 4) is 0 Å². The quantitative estimate of drug-likeness (QED) is 0.863. The highest BCUT2D eigenvalue weighted by Gasteiger charge is 2.16. The third-order valence-corrected chi connectivity index (χ3v) is 2.80. The molecule has 1 heterocycles. The molecule has 0 saturated heterocycles. The van der Waals surface area contributed by atoms with Crippen molar-refractivity contribution in [2.45, 2.75) is 6.04 Å². The molecule has 0 fully saturated rings. The van der Waals surface area contributed by atoms with Crippen LogP contribution in [0.1, 0.15) is 11.7 Å². The van der Waals surface area contributed by atoms with Gasteiger partial charge in [-0.25, -0.2) is 9.97 Å². The van der Waals surface area contributed by atoms with Crippen molar-refractivity contribution in [3.63, 3.8) is 0 Å². The third kappa shape index (κ3) is 2.60. The van der Waals surface area contributed by atoms with E-state index in [9.17, 15) is 0 Å². The predicted octanol–water partition coefficient (Wildman–Crippen LogP) is 1.61. The number of benzene rings is 1. The summed E-state index contributed by atoms with van der Waals surface area (Å²) in [5, 5.41) is 0. The first kappa shape index (κ1) is 11.5. The fourth-order valence-corrected chi connectivity index (χ4v) is 1.82. The van der Waals surface area contributed by atoms with Crippen LogP contribution >= 0.6 is 0 Å². The Hall–Kier alpha value is -1.94. The van der Waals surface area contributed by atoms with Crippen molar-refractivity contribution < 1.29 is 0 Å². The molecule has 4 nitrogen and oxygen atoms in total. The van der Waals surface area contributed by atoms with Gasteiger partial charge in [-0.1, -0.05) is 18.2 Å². The van der Waals surface area contributed by atoms with E-state index in [-0.39, 0.29) is 6.04 Å². The standard InChI is InChI=1S/C13H16N4/c1-17(11-5-3-2-4-6-11)13(9-14)12-7-8-15-10-16-12/h2-8,10,13H,9,14H2,1H3. The number of nitrogens with zero attached hydrogens (tertiary/aromatic N) is 3. The molecule has 1 unspecified atom stereocenters. The average molecular weight is 228 g/mol. The molecule has 1 aromatic heterocycles. The van der Waals surface area contributed by atoms with Gasteiger partial charge in [0.15, 0.2) is 0 Å². The number of likely N-dealkylation sites (N-methyl/N-ethyl adjacent to an activating group) is 1. The van der Waals surface area contributed by atoms with Crippen LogP contribution in [0.4, 0.5) is 5.69 Å². The van der Waals surface area contributed by atoms with E-state index in [0.717, 1.165) is 11.4 Å². The number of hydrogen-bond acceptors (Lipinski definition) is 4. The lowest BCUT2D eigenvalue weighted by atomic mass is 10.1. The molecule has 0 bridgehead atoms. The SMILES string of the molecule is CN(c1ccccc1)C(CN)c1ccncn1. The summed E-state index contributed by atoms with van der Waals surface area (Å²) in [7, 11) is 2.02. The summed E-state index contributed by atoms with van der Waals surface area (Å²) in [4.78, 5) is 10.3. The molecule has 88 valence electrons. The smallest absolute Gasteiger partial charge is 0.115 e. The van der Waals surface area contributed by atoms with Crippen molar-refractivity contribution >= 4 is 5.69 Å². The molecule has 2 N–H and O–H groups in total. The third-order valence-electron chi connectivity index (χ3n) is 2.80. The van der Waals surface area contributed by atoms with Crippen molar-refractivity contribution in [3.05, 3.63) is 54.6 Å². The van der Waals surface area contributed by atoms with Gasteiger partial charge < -0.3 is 10.6 Å². The highest BCUT2D eigenvalue weighted by atomic mass is 15.2. The summed E-state index contributed by atoms with van der Waals surface area (Å²) in [6.07, 6.45) is 3.29. The molecule has 0 aliphatic carbocycles. The lowest BCUT2D eigenvalue weighted by Gasteiger charge is -2.28. The molecule has 0 radical (unpaired) electrons. The van der Waals surface area contributed by atoms with E-state index in [1.807, 2.05) is 31.3 Å². The fourth-order valence-electron chi connectivity index (χ4n) is 1.82. The number of rotatable bonds is 4. The second-order valence-electron chi connectivity index (χ2n) is 3.83. The lowest BCUT2D eigenvalue weighted by Crippen LogP contribution is -2.31. The molecular weight excluding hydrogens is 212 g/mol. The number of anilines is 1. The zero-order valence-corrected chi connectivity index (χ0v) is 9.82. The van der Waals surface area contributed by atoms with Crippen LogP contribution < -0.4 is 10.6 Å². The van der Waals surface area contributed by atoms with Crippen LogP contribution in [0.2, 0.25) is 0 Å². The maximum Gasteiger partial charge on any atom is 0.115 e. The van der Waals surface area contributed by atoms with Gasteiger partial charge >= 0.3 is 0 Å². The predicted molar refractivity (Wildman–Crippen MR) is 68.7 cm³/mol. The minimum Gasteiger partial charge on any atom is -0.365 e. The Bertz CT molecular complexity index is 443. The minimum atomic E-state index is 0.0698. The van der Waals surface area contributed by atoms with Crippen LogP contribution in [0.5, 0.6) is 0 Å². The van der Waals surface area contributed by atoms with E-state index in [1.54, 1.807) is 12.5 Å². The molecule has 1 aromatic carbocycles. The Labute approximate surface area is 101 Å². The molecule has 0 saturated carbocycles. The van der Waals surface area contributed by atoms with Crippen molar-refractivity contribution in [2.75, 3.05) is 18.5 Å². The molecule has 0 aliphatic rings. The first-order valence-corrected chi connectivity index (χ1v) is 5.57. The van der Waals surface area contributed by atoms with E-state index < -0.39 is 0 Å². The van der Waals surface area contributed by atoms with Crippen LogP contribution in [-0.4, -0.2) is 23.6 Å². The lowest BCUT2D eigenvalue weighted by molar-refractivity contribution is 0.658. The second kappa shape index (κ2) is 5.41. The van der Waals surface area contributed by atoms with Gasteiger partial charge in [0.05, 0.1) is 11.7 Å². The van der Waals surface area contributed by atoms with E-state index in [0.29, 0.717) is 6.54 Å².